The maximum atomic E-state index is 10.3. The number of phenolic OH excluding ortho intramolecular Hbond substituents is 1. The fourth-order valence-corrected chi connectivity index (χ4v) is 4.38. The van der Waals surface area contributed by atoms with Gasteiger partial charge >= 0.3 is 0 Å². The summed E-state index contributed by atoms with van der Waals surface area (Å²) in [5, 5.41) is 14.6. The Bertz CT molecular complexity index is 771. The van der Waals surface area contributed by atoms with E-state index in [1.54, 1.807) is 13.2 Å². The van der Waals surface area contributed by atoms with Crippen LogP contribution in [0.1, 0.15) is 54.7 Å². The van der Waals surface area contributed by atoms with E-state index in [0.29, 0.717) is 17.4 Å². The third-order valence-electron chi connectivity index (χ3n) is 5.89. The van der Waals surface area contributed by atoms with Crippen LogP contribution in [-0.4, -0.2) is 35.4 Å². The van der Waals surface area contributed by atoms with Crippen LogP contribution < -0.4 is 4.74 Å². The molecule has 0 spiro atoms. The van der Waals surface area contributed by atoms with Gasteiger partial charge in [0.15, 0.2) is 0 Å². The maximum absolute atomic E-state index is 10.3. The summed E-state index contributed by atoms with van der Waals surface area (Å²) >= 11 is 0. The molecule has 5 nitrogen and oxygen atoms in total. The molecule has 1 aliphatic carbocycles. The molecule has 1 fully saturated rings. The van der Waals surface area contributed by atoms with E-state index in [1.807, 2.05) is 12.1 Å². The van der Waals surface area contributed by atoms with Crippen LogP contribution >= 0.6 is 0 Å². The highest BCUT2D eigenvalue weighted by atomic mass is 16.5. The van der Waals surface area contributed by atoms with Crippen molar-refractivity contribution in [3.8, 4) is 11.5 Å². The van der Waals surface area contributed by atoms with Gasteiger partial charge < -0.3 is 14.4 Å². The number of piperidine rings is 1. The number of ether oxygens (including phenoxy) is 1. The number of nitrogens with zero attached hydrogens (tertiary/aromatic N) is 2. The van der Waals surface area contributed by atoms with Crippen molar-refractivity contribution in [1.29, 1.82) is 0 Å². The van der Waals surface area contributed by atoms with Gasteiger partial charge in [-0.1, -0.05) is 18.1 Å². The summed E-state index contributed by atoms with van der Waals surface area (Å²) in [7, 11) is 1.61. The minimum atomic E-state index is 0.303. The van der Waals surface area contributed by atoms with Gasteiger partial charge in [-0.3, -0.25) is 4.90 Å². The number of phenols is 1. The second-order valence-corrected chi connectivity index (χ2v) is 7.89. The summed E-state index contributed by atoms with van der Waals surface area (Å²) in [6, 6.07) is 5.55. The molecule has 0 bridgehead atoms. The van der Waals surface area contributed by atoms with Crippen molar-refractivity contribution in [2.45, 2.75) is 51.5 Å². The first-order valence-corrected chi connectivity index (χ1v) is 9.69. The third kappa shape index (κ3) is 3.45. The highest BCUT2D eigenvalue weighted by molar-refractivity contribution is 5.39. The number of fused-ring (bicyclic) bond motifs is 1. The van der Waals surface area contributed by atoms with Gasteiger partial charge in [-0.15, -0.1) is 0 Å². The van der Waals surface area contributed by atoms with Crippen LogP contribution in [0.2, 0.25) is 0 Å². The van der Waals surface area contributed by atoms with Crippen LogP contribution in [0.5, 0.6) is 11.5 Å². The Morgan fingerprint density at radius 3 is 3.04 bits per heavy atom. The molecule has 1 aromatic carbocycles. The Kier molecular flexibility index (Phi) is 4.90. The van der Waals surface area contributed by atoms with Crippen LogP contribution in [0.4, 0.5) is 0 Å². The summed E-state index contributed by atoms with van der Waals surface area (Å²) in [6.45, 7) is 5.08. The molecule has 0 saturated carbocycles. The van der Waals surface area contributed by atoms with E-state index < -0.39 is 0 Å². The average molecular weight is 356 g/mol. The molecule has 1 saturated heterocycles. The third-order valence-corrected chi connectivity index (χ3v) is 5.89. The lowest BCUT2D eigenvalue weighted by Gasteiger charge is -2.32. The fraction of sp³-hybridized carbons (Fsp3) is 0.571. The first kappa shape index (κ1) is 17.4. The van der Waals surface area contributed by atoms with Gasteiger partial charge in [0.2, 0.25) is 0 Å². The van der Waals surface area contributed by atoms with Crippen LogP contribution in [0, 0.1) is 5.92 Å². The SMILES string of the molecule is COc1ccc(CN2CCC[C@H](c3onc4c3C[C@@H](C)CC4)C2)c(O)c1. The number of aromatic hydroxyl groups is 1. The zero-order valence-corrected chi connectivity index (χ0v) is 15.7. The predicted molar refractivity (Wildman–Crippen MR) is 99.6 cm³/mol. The zero-order chi connectivity index (χ0) is 18.1. The summed E-state index contributed by atoms with van der Waals surface area (Å²) < 4.78 is 11.0. The van der Waals surface area contributed by atoms with E-state index >= 15 is 0 Å². The van der Waals surface area contributed by atoms with Crippen molar-refractivity contribution in [3.05, 3.63) is 40.8 Å². The van der Waals surface area contributed by atoms with E-state index in [0.717, 1.165) is 62.6 Å². The number of aryl methyl sites for hydroxylation is 1. The van der Waals surface area contributed by atoms with Crippen LogP contribution in [0.3, 0.4) is 0 Å². The second-order valence-electron chi connectivity index (χ2n) is 7.89. The van der Waals surface area contributed by atoms with Crippen molar-refractivity contribution in [3.63, 3.8) is 0 Å². The molecule has 1 aliphatic heterocycles. The zero-order valence-electron chi connectivity index (χ0n) is 15.7. The molecule has 26 heavy (non-hydrogen) atoms. The lowest BCUT2D eigenvalue weighted by Crippen LogP contribution is -2.34. The van der Waals surface area contributed by atoms with Gasteiger partial charge in [0.25, 0.3) is 0 Å². The minimum absolute atomic E-state index is 0.303. The second kappa shape index (κ2) is 7.31. The maximum Gasteiger partial charge on any atom is 0.144 e. The summed E-state index contributed by atoms with van der Waals surface area (Å²) in [5.74, 6) is 3.24. The predicted octanol–water partition coefficient (Wildman–Crippen LogP) is 3.89. The Labute approximate surface area is 154 Å². The Morgan fingerprint density at radius 1 is 1.35 bits per heavy atom. The topological polar surface area (TPSA) is 58.7 Å². The summed E-state index contributed by atoms with van der Waals surface area (Å²) in [5.41, 5.74) is 3.51. The standard InChI is InChI=1S/C21H28N2O3/c1-14-5-8-19-18(10-14)21(26-22-19)16-4-3-9-23(13-16)12-15-6-7-17(25-2)11-20(15)24/h6-7,11,14,16,24H,3-5,8-10,12-13H2,1-2H3/t14-,16-/m0/s1. The molecule has 0 radical (unpaired) electrons. The molecule has 5 heteroatoms. The van der Waals surface area contributed by atoms with Crippen molar-refractivity contribution < 1.29 is 14.4 Å². The lowest BCUT2D eigenvalue weighted by atomic mass is 9.84. The normalized spacial score (nSPS) is 23.6. The van der Waals surface area contributed by atoms with Gasteiger partial charge in [-0.05, 0) is 50.6 Å². The van der Waals surface area contributed by atoms with Gasteiger partial charge in [0, 0.05) is 36.2 Å². The number of methoxy groups -OCH3 is 1. The van der Waals surface area contributed by atoms with Gasteiger partial charge in [0.05, 0.1) is 12.8 Å². The summed E-state index contributed by atoms with van der Waals surface area (Å²) in [4.78, 5) is 2.41. The molecule has 4 rings (SSSR count). The number of likely N-dealkylation sites (tertiary alicyclic amines) is 1. The first-order valence-electron chi connectivity index (χ1n) is 9.69. The van der Waals surface area contributed by atoms with E-state index in [1.165, 1.54) is 17.7 Å². The van der Waals surface area contributed by atoms with Crippen molar-refractivity contribution in [1.82, 2.24) is 10.1 Å². The van der Waals surface area contributed by atoms with Crippen LogP contribution in [-0.2, 0) is 19.4 Å². The number of hydrogen-bond donors (Lipinski definition) is 1. The first-order chi connectivity index (χ1) is 12.6. The molecule has 2 aliphatic rings. The largest absolute Gasteiger partial charge is 0.507 e. The van der Waals surface area contributed by atoms with Crippen molar-refractivity contribution >= 4 is 0 Å². The fourth-order valence-electron chi connectivity index (χ4n) is 4.38. The molecular weight excluding hydrogens is 328 g/mol. The van der Waals surface area contributed by atoms with Crippen molar-refractivity contribution in [2.75, 3.05) is 20.2 Å². The molecule has 2 atom stereocenters. The Morgan fingerprint density at radius 2 is 2.23 bits per heavy atom. The van der Waals surface area contributed by atoms with E-state index in [9.17, 15) is 5.11 Å². The highest BCUT2D eigenvalue weighted by Gasteiger charge is 2.31. The monoisotopic (exact) mass is 356 g/mol. The summed E-state index contributed by atoms with van der Waals surface area (Å²) in [6.07, 6.45) is 5.67. The molecule has 1 N–H and O–H groups in total. The van der Waals surface area contributed by atoms with Gasteiger partial charge in [-0.25, -0.2) is 0 Å². The molecule has 0 amide bonds. The number of aromatic nitrogens is 1. The molecular formula is C21H28N2O3. The van der Waals surface area contributed by atoms with Crippen LogP contribution in [0.15, 0.2) is 22.7 Å². The van der Waals surface area contributed by atoms with Gasteiger partial charge in [0.1, 0.15) is 17.3 Å². The molecule has 1 aromatic heterocycles. The Balaban J connectivity index is 1.47. The quantitative estimate of drug-likeness (QED) is 0.900. The van der Waals surface area contributed by atoms with E-state index in [4.69, 9.17) is 9.26 Å². The number of rotatable bonds is 4. The smallest absolute Gasteiger partial charge is 0.144 e. The lowest BCUT2D eigenvalue weighted by molar-refractivity contribution is 0.181. The van der Waals surface area contributed by atoms with E-state index in [2.05, 4.69) is 17.0 Å². The highest BCUT2D eigenvalue weighted by Crippen LogP contribution is 2.36. The number of benzene rings is 1. The minimum Gasteiger partial charge on any atom is -0.507 e. The van der Waals surface area contributed by atoms with Crippen molar-refractivity contribution in [2.24, 2.45) is 5.92 Å². The molecule has 140 valence electrons. The van der Waals surface area contributed by atoms with Crippen LogP contribution in [0.25, 0.3) is 0 Å². The van der Waals surface area contributed by atoms with E-state index in [-0.39, 0.29) is 0 Å². The molecule has 2 heterocycles. The number of hydrogen-bond acceptors (Lipinski definition) is 5. The van der Waals surface area contributed by atoms with Gasteiger partial charge in [-0.2, -0.15) is 0 Å². The average Bonchev–Trinajstić information content (AvgIpc) is 3.06. The molecule has 2 aromatic rings. The molecule has 0 unspecified atom stereocenters. The Hall–Kier alpha value is -2.01.